The molecule has 324 valence electrons. The first kappa shape index (κ1) is 38.3. The van der Waals surface area contributed by atoms with Gasteiger partial charge in [0.25, 0.3) is 0 Å². The summed E-state index contributed by atoms with van der Waals surface area (Å²) in [5.74, 6) is 0. The van der Waals surface area contributed by atoms with E-state index in [9.17, 15) is 11.8 Å². The van der Waals surface area contributed by atoms with Crippen LogP contribution in [0.4, 0.5) is 5.69 Å². The molecule has 5 aromatic heterocycles. The summed E-state index contributed by atoms with van der Waals surface area (Å²) < 4.78 is 25.5. The van der Waals surface area contributed by atoms with Crippen molar-refractivity contribution < 1.29 is 13.3 Å². The molecule has 0 atom stereocenters. The van der Waals surface area contributed by atoms with Gasteiger partial charge < -0.3 is 22.4 Å². The minimum atomic E-state index is 0.316. The second-order valence-corrected chi connectivity index (χ2v) is 18.1. The van der Waals surface area contributed by atoms with Gasteiger partial charge >= 0.3 is 0 Å². The molecule has 0 amide bonds. The maximum absolute atomic E-state index is 12.0. The largest absolute Gasteiger partial charge is 0.454 e. The zero-order chi connectivity index (χ0) is 46.4. The molecule has 7 heteroatoms. The van der Waals surface area contributed by atoms with Gasteiger partial charge in [0.15, 0.2) is 16.7 Å². The molecule has 0 fully saturated rings. The predicted octanol–water partition coefficient (Wildman–Crippen LogP) is 17.6. The highest BCUT2D eigenvalue weighted by Gasteiger charge is 2.34. The van der Waals surface area contributed by atoms with E-state index in [0.29, 0.717) is 44.9 Å². The summed E-state index contributed by atoms with van der Waals surface area (Å²) in [6.07, 6.45) is 0. The Morgan fingerprint density at radius 3 is 1.50 bits per heavy atom. The zero-order valence-electron chi connectivity index (χ0n) is 37.4. The highest BCUT2D eigenvalue weighted by molar-refractivity contribution is 6.28. The molecule has 0 spiro atoms. The van der Waals surface area contributed by atoms with Crippen LogP contribution in [0, 0.1) is 24.8 Å². The standard InChI is InChI=1S/C63H34N4O3/c1-35-33-46-38-21-9-13-25-48(38)66(59(46)63-52(35)45-24-12-16-28-51(45)70-63)56-47(34-64)53(36-17-5-3-6-18-36)55(65-2)60(54(56)37-19-7-4-8-20-37)67-57-41(29-31-43-39-22-10-14-26-49(39)68-61(43)57)42-30-32-44-40-23-11-15-27-50(40)69-62(44)58(42)67/h3-33H,1H3. The number of aryl methyl sites for hydroxylation is 1. The van der Waals surface area contributed by atoms with E-state index in [4.69, 9.17) is 13.3 Å². The van der Waals surface area contributed by atoms with Gasteiger partial charge in [0.2, 0.25) is 5.69 Å². The number of benzene rings is 10. The van der Waals surface area contributed by atoms with Crippen LogP contribution < -0.4 is 0 Å². The lowest BCUT2D eigenvalue weighted by Crippen LogP contribution is -2.09. The Labute approximate surface area is 398 Å². The lowest BCUT2D eigenvalue weighted by molar-refractivity contribution is 0.669. The summed E-state index contributed by atoms with van der Waals surface area (Å²) >= 11 is 0. The van der Waals surface area contributed by atoms with Gasteiger partial charge in [-0.05, 0) is 66.1 Å². The Bertz CT molecular complexity index is 4730. The van der Waals surface area contributed by atoms with E-state index in [0.717, 1.165) is 115 Å². The van der Waals surface area contributed by atoms with Gasteiger partial charge in [0.05, 0.1) is 45.6 Å². The topological polar surface area (TPSA) is 77.4 Å². The van der Waals surface area contributed by atoms with Crippen molar-refractivity contribution in [2.24, 2.45) is 0 Å². The second-order valence-electron chi connectivity index (χ2n) is 18.1. The third-order valence-corrected chi connectivity index (χ3v) is 14.5. The van der Waals surface area contributed by atoms with Crippen LogP contribution in [-0.2, 0) is 0 Å². The van der Waals surface area contributed by atoms with Crippen molar-refractivity contribution in [1.82, 2.24) is 9.13 Å². The number of hydrogen-bond acceptors (Lipinski definition) is 4. The minimum absolute atomic E-state index is 0.316. The summed E-state index contributed by atoms with van der Waals surface area (Å²) in [5, 5.41) is 21.8. The first-order chi connectivity index (χ1) is 34.6. The minimum Gasteiger partial charge on any atom is -0.454 e. The highest BCUT2D eigenvalue weighted by Crippen LogP contribution is 2.55. The maximum Gasteiger partial charge on any atom is 0.220 e. The van der Waals surface area contributed by atoms with E-state index in [1.807, 2.05) is 109 Å². The fourth-order valence-electron chi connectivity index (χ4n) is 11.7. The second kappa shape index (κ2) is 14.1. The molecule has 0 aliphatic rings. The molecular formula is C63H34N4O3. The average molecular weight is 895 g/mol. The van der Waals surface area contributed by atoms with Crippen LogP contribution in [0.25, 0.3) is 148 Å². The van der Waals surface area contributed by atoms with Crippen molar-refractivity contribution in [1.29, 1.82) is 5.26 Å². The monoisotopic (exact) mass is 894 g/mol. The maximum atomic E-state index is 12.0. The van der Waals surface area contributed by atoms with E-state index in [-0.39, 0.29) is 0 Å². The fourth-order valence-corrected chi connectivity index (χ4v) is 11.7. The van der Waals surface area contributed by atoms with Crippen LogP contribution in [0.3, 0.4) is 0 Å². The molecule has 7 nitrogen and oxygen atoms in total. The Morgan fingerprint density at radius 2 is 0.914 bits per heavy atom. The van der Waals surface area contributed by atoms with Crippen LogP contribution in [-0.4, -0.2) is 9.13 Å². The van der Waals surface area contributed by atoms with Gasteiger partial charge in [-0.25, -0.2) is 4.85 Å². The fraction of sp³-hybridized carbons (Fsp3) is 0.0159. The third-order valence-electron chi connectivity index (χ3n) is 14.5. The molecule has 0 radical (unpaired) electrons. The Kier molecular flexibility index (Phi) is 7.72. The molecule has 15 rings (SSSR count). The summed E-state index contributed by atoms with van der Waals surface area (Å²) in [5.41, 5.74) is 13.4. The highest BCUT2D eigenvalue weighted by atomic mass is 16.3. The Balaban J connectivity index is 1.27. The SMILES string of the molecule is [C-]#[N+]c1c(-c2ccccc2)c(C#N)c(-n2c3ccccc3c3cc(C)c4c5ccccc5oc4c32)c(-c2ccccc2)c1-n1c2c(ccc3c4ccccc4oc32)c2ccc3c4ccccc4oc3c21. The number of nitriles is 1. The predicted molar refractivity (Wildman–Crippen MR) is 284 cm³/mol. The molecule has 0 saturated heterocycles. The summed E-state index contributed by atoms with van der Waals surface area (Å²) in [7, 11) is 0. The van der Waals surface area contributed by atoms with Crippen LogP contribution in [0.15, 0.2) is 201 Å². The molecule has 70 heavy (non-hydrogen) atoms. The van der Waals surface area contributed by atoms with Crippen molar-refractivity contribution in [3.63, 3.8) is 0 Å². The number of nitrogens with zero attached hydrogens (tertiary/aromatic N) is 4. The molecule has 0 unspecified atom stereocenters. The van der Waals surface area contributed by atoms with Crippen molar-refractivity contribution in [3.8, 4) is 39.7 Å². The van der Waals surface area contributed by atoms with E-state index < -0.39 is 0 Å². The lowest BCUT2D eigenvalue weighted by atomic mass is 9.88. The molecule has 5 heterocycles. The molecule has 0 saturated carbocycles. The summed E-state index contributed by atoms with van der Waals surface area (Å²) in [6.45, 7) is 11.6. The van der Waals surface area contributed by atoms with E-state index in [1.54, 1.807) is 0 Å². The van der Waals surface area contributed by atoms with Crippen molar-refractivity contribution in [2.75, 3.05) is 0 Å². The van der Waals surface area contributed by atoms with Gasteiger partial charge in [0.1, 0.15) is 22.8 Å². The number of fused-ring (bicyclic) bond motifs is 18. The number of aromatic nitrogens is 2. The third kappa shape index (κ3) is 4.94. The molecule has 0 aliphatic heterocycles. The van der Waals surface area contributed by atoms with Crippen molar-refractivity contribution in [2.45, 2.75) is 6.92 Å². The van der Waals surface area contributed by atoms with Crippen LogP contribution in [0.5, 0.6) is 0 Å². The Morgan fingerprint density at radius 1 is 0.443 bits per heavy atom. The van der Waals surface area contributed by atoms with E-state index in [2.05, 4.69) is 106 Å². The van der Waals surface area contributed by atoms with Gasteiger partial charge in [0, 0.05) is 65.0 Å². The first-order valence-corrected chi connectivity index (χ1v) is 23.3. The summed E-state index contributed by atoms with van der Waals surface area (Å²) in [6, 6.07) is 66.5. The summed E-state index contributed by atoms with van der Waals surface area (Å²) in [4.78, 5) is 4.58. The number of hydrogen-bond donors (Lipinski definition) is 0. The van der Waals surface area contributed by atoms with Crippen molar-refractivity contribution >= 4 is 115 Å². The lowest BCUT2D eigenvalue weighted by Gasteiger charge is -2.25. The average Bonchev–Trinajstić information content (AvgIpc) is 4.23. The Hall–Kier alpha value is -9.82. The number of furan rings is 3. The van der Waals surface area contributed by atoms with Crippen LogP contribution >= 0.6 is 0 Å². The normalized spacial score (nSPS) is 12.0. The molecule has 0 bridgehead atoms. The van der Waals surface area contributed by atoms with Crippen LogP contribution in [0.1, 0.15) is 11.1 Å². The van der Waals surface area contributed by atoms with Gasteiger partial charge in [-0.1, -0.05) is 146 Å². The first-order valence-electron chi connectivity index (χ1n) is 23.3. The van der Waals surface area contributed by atoms with Gasteiger partial charge in [-0.2, -0.15) is 5.26 Å². The molecule has 0 aliphatic carbocycles. The number of rotatable bonds is 4. The number of para-hydroxylation sites is 4. The van der Waals surface area contributed by atoms with E-state index in [1.165, 1.54) is 0 Å². The molecule has 15 aromatic rings. The zero-order valence-corrected chi connectivity index (χ0v) is 37.4. The molecular weight excluding hydrogens is 861 g/mol. The van der Waals surface area contributed by atoms with Gasteiger partial charge in [-0.3, -0.25) is 0 Å². The smallest absolute Gasteiger partial charge is 0.220 e. The van der Waals surface area contributed by atoms with E-state index >= 15 is 0 Å². The van der Waals surface area contributed by atoms with Crippen molar-refractivity contribution in [3.05, 3.63) is 211 Å². The van der Waals surface area contributed by atoms with Crippen LogP contribution in [0.2, 0.25) is 0 Å². The quantitative estimate of drug-likeness (QED) is 0.165. The van der Waals surface area contributed by atoms with Gasteiger partial charge in [-0.15, -0.1) is 0 Å². The molecule has 10 aromatic carbocycles. The molecule has 0 N–H and O–H groups in total.